The van der Waals surface area contributed by atoms with Crippen LogP contribution in [0.5, 0.6) is 5.75 Å². The summed E-state index contributed by atoms with van der Waals surface area (Å²) in [4.78, 5) is 33.0. The predicted octanol–water partition coefficient (Wildman–Crippen LogP) is 3.46. The molecule has 0 radical (unpaired) electrons. The Morgan fingerprint density at radius 2 is 1.92 bits per heavy atom. The fraction of sp³-hybridized carbons (Fsp3) is 0.630. The normalized spacial score (nSPS) is 22.0. The molecule has 2 saturated carbocycles. The lowest BCUT2D eigenvalue weighted by Gasteiger charge is -2.33. The summed E-state index contributed by atoms with van der Waals surface area (Å²) in [6, 6.07) is 4.05. The van der Waals surface area contributed by atoms with E-state index in [0.717, 1.165) is 43.4 Å². The highest BCUT2D eigenvalue weighted by Crippen LogP contribution is 2.35. The minimum Gasteiger partial charge on any atom is -0.487 e. The third-order valence-corrected chi connectivity index (χ3v) is 8.00. The second kappa shape index (κ2) is 11.6. The van der Waals surface area contributed by atoms with Gasteiger partial charge in [-0.25, -0.2) is 9.78 Å². The van der Waals surface area contributed by atoms with Crippen LogP contribution >= 0.6 is 0 Å². The highest BCUT2D eigenvalue weighted by molar-refractivity contribution is 5.70. The fourth-order valence-electron chi connectivity index (χ4n) is 5.34. The zero-order valence-electron chi connectivity index (χ0n) is 22.2. The predicted molar refractivity (Wildman–Crippen MR) is 139 cm³/mol. The van der Waals surface area contributed by atoms with E-state index in [9.17, 15) is 14.7 Å². The van der Waals surface area contributed by atoms with E-state index in [1.807, 2.05) is 19.2 Å². The Labute approximate surface area is 222 Å². The number of carboxylic acid groups (broad SMARTS) is 1. The first kappa shape index (κ1) is 26.3. The van der Waals surface area contributed by atoms with Gasteiger partial charge in [-0.1, -0.05) is 0 Å². The van der Waals surface area contributed by atoms with E-state index in [-0.39, 0.29) is 30.8 Å². The summed E-state index contributed by atoms with van der Waals surface area (Å²) >= 11 is 0. The average molecular weight is 528 g/mol. The molecule has 1 aliphatic heterocycles. The number of carbonyl (C=O) groups is 2. The number of morpholine rings is 1. The summed E-state index contributed by atoms with van der Waals surface area (Å²) in [5.74, 6) is 0.214. The van der Waals surface area contributed by atoms with Gasteiger partial charge in [0.1, 0.15) is 6.61 Å². The molecule has 2 atom stereocenters. The second-order valence-corrected chi connectivity index (χ2v) is 10.4. The molecule has 0 aromatic carbocycles. The number of carboxylic acids is 1. The smallest absolute Gasteiger partial charge is 0.410 e. The second-order valence-electron chi connectivity index (χ2n) is 10.4. The molecule has 2 aromatic heterocycles. The molecule has 0 unspecified atom stereocenters. The summed E-state index contributed by atoms with van der Waals surface area (Å²) in [5.41, 5.74) is 2.25. The number of hydrogen-bond acceptors (Lipinski definition) is 8. The number of anilines is 1. The first-order chi connectivity index (χ1) is 18.4. The van der Waals surface area contributed by atoms with E-state index in [1.165, 1.54) is 0 Å². The van der Waals surface area contributed by atoms with E-state index in [2.05, 4.69) is 10.00 Å². The maximum atomic E-state index is 12.6. The SMILES string of the molecule is CN(C(=O)OCc1c(-c2ccc(O[C@H]3CCC[C@H](C(=O)O)C3)c(N3CCOCC3)n2)cnn1C)C1CCC1. The van der Waals surface area contributed by atoms with Crippen molar-refractivity contribution in [2.45, 2.75) is 63.7 Å². The van der Waals surface area contributed by atoms with Crippen LogP contribution in [0.3, 0.4) is 0 Å². The lowest BCUT2D eigenvalue weighted by Crippen LogP contribution is -2.41. The van der Waals surface area contributed by atoms with E-state index in [0.29, 0.717) is 56.4 Å². The Morgan fingerprint density at radius 3 is 2.63 bits per heavy atom. The molecule has 0 bridgehead atoms. The first-order valence-electron chi connectivity index (χ1n) is 13.5. The van der Waals surface area contributed by atoms with E-state index in [4.69, 9.17) is 19.2 Å². The van der Waals surface area contributed by atoms with Gasteiger partial charge in [0.05, 0.1) is 42.8 Å². The van der Waals surface area contributed by atoms with Crippen molar-refractivity contribution in [1.29, 1.82) is 0 Å². The highest BCUT2D eigenvalue weighted by atomic mass is 16.6. The third kappa shape index (κ3) is 5.72. The number of amides is 1. The van der Waals surface area contributed by atoms with Gasteiger partial charge >= 0.3 is 12.1 Å². The van der Waals surface area contributed by atoms with Crippen molar-refractivity contribution in [2.24, 2.45) is 13.0 Å². The van der Waals surface area contributed by atoms with Gasteiger partial charge in [0, 0.05) is 38.8 Å². The summed E-state index contributed by atoms with van der Waals surface area (Å²) in [6.07, 6.45) is 7.25. The molecule has 1 amide bonds. The van der Waals surface area contributed by atoms with Crippen LogP contribution in [0, 0.1) is 5.92 Å². The van der Waals surface area contributed by atoms with E-state index >= 15 is 0 Å². The number of nitrogens with zero attached hydrogens (tertiary/aromatic N) is 5. The van der Waals surface area contributed by atoms with Crippen LogP contribution < -0.4 is 9.64 Å². The van der Waals surface area contributed by atoms with Gasteiger partial charge in [-0.05, 0) is 57.1 Å². The molecule has 3 heterocycles. The molecule has 1 saturated heterocycles. The molecule has 3 aliphatic rings. The summed E-state index contributed by atoms with van der Waals surface area (Å²) in [6.45, 7) is 2.64. The number of ether oxygens (including phenoxy) is 3. The van der Waals surface area contributed by atoms with Gasteiger partial charge in [0.15, 0.2) is 11.6 Å². The molecule has 2 aliphatic carbocycles. The number of rotatable bonds is 8. The van der Waals surface area contributed by atoms with Gasteiger partial charge in [-0.15, -0.1) is 0 Å². The summed E-state index contributed by atoms with van der Waals surface area (Å²) < 4.78 is 19.3. The standard InChI is InChI=1S/C27H37N5O6/c1-30(19-6-4-7-19)27(35)37-17-23-21(16-28-31(23)2)22-9-10-24(25(29-22)32-11-13-36-14-12-32)38-20-8-3-5-18(15-20)26(33)34/h9-10,16,18-20H,3-8,11-15,17H2,1-2H3,(H,33,34)/t18-,20-/m0/s1. The highest BCUT2D eigenvalue weighted by Gasteiger charge is 2.30. The first-order valence-corrected chi connectivity index (χ1v) is 13.5. The van der Waals surface area contributed by atoms with Gasteiger partial charge < -0.3 is 29.1 Å². The van der Waals surface area contributed by atoms with E-state index in [1.54, 1.807) is 22.8 Å². The number of pyridine rings is 1. The molecule has 2 aromatic rings. The van der Waals surface area contributed by atoms with Crippen molar-refractivity contribution in [3.05, 3.63) is 24.0 Å². The maximum absolute atomic E-state index is 12.6. The molecular formula is C27H37N5O6. The zero-order valence-corrected chi connectivity index (χ0v) is 22.2. The Hall–Kier alpha value is -3.34. The fourth-order valence-corrected chi connectivity index (χ4v) is 5.34. The summed E-state index contributed by atoms with van der Waals surface area (Å²) in [7, 11) is 3.61. The quantitative estimate of drug-likeness (QED) is 0.550. The Morgan fingerprint density at radius 1 is 1.16 bits per heavy atom. The van der Waals surface area contributed by atoms with Gasteiger partial charge in [-0.2, -0.15) is 5.10 Å². The monoisotopic (exact) mass is 527 g/mol. The average Bonchev–Trinajstić information content (AvgIpc) is 3.27. The van der Waals surface area contributed by atoms with Gasteiger partial charge in [-0.3, -0.25) is 9.48 Å². The molecule has 38 heavy (non-hydrogen) atoms. The topological polar surface area (TPSA) is 119 Å². The zero-order chi connectivity index (χ0) is 26.6. The third-order valence-electron chi connectivity index (χ3n) is 8.00. The molecule has 11 heteroatoms. The van der Waals surface area contributed by atoms with Crippen molar-refractivity contribution >= 4 is 17.9 Å². The molecule has 1 N–H and O–H groups in total. The van der Waals surface area contributed by atoms with Crippen molar-refractivity contribution in [1.82, 2.24) is 19.7 Å². The molecule has 0 spiro atoms. The number of carbonyl (C=O) groups excluding carboxylic acids is 1. The van der Waals surface area contributed by atoms with Crippen molar-refractivity contribution in [2.75, 3.05) is 38.3 Å². The van der Waals surface area contributed by atoms with Crippen LogP contribution in [-0.4, -0.2) is 82.3 Å². The molecule has 11 nitrogen and oxygen atoms in total. The largest absolute Gasteiger partial charge is 0.487 e. The Balaban J connectivity index is 1.37. The Bertz CT molecular complexity index is 1140. The Kier molecular flexibility index (Phi) is 8.01. The summed E-state index contributed by atoms with van der Waals surface area (Å²) in [5, 5.41) is 13.9. The van der Waals surface area contributed by atoms with Gasteiger partial charge in [0.2, 0.25) is 0 Å². The molecular weight excluding hydrogens is 490 g/mol. The van der Waals surface area contributed by atoms with Crippen molar-refractivity contribution in [3.63, 3.8) is 0 Å². The molecule has 5 rings (SSSR count). The minimum absolute atomic E-state index is 0.0905. The lowest BCUT2D eigenvalue weighted by molar-refractivity contribution is -0.143. The lowest BCUT2D eigenvalue weighted by atomic mass is 9.87. The maximum Gasteiger partial charge on any atom is 0.410 e. The molecule has 3 fully saturated rings. The van der Waals surface area contributed by atoms with Crippen molar-refractivity contribution in [3.8, 4) is 17.0 Å². The van der Waals surface area contributed by atoms with Crippen molar-refractivity contribution < 1.29 is 28.9 Å². The van der Waals surface area contributed by atoms with Crippen LogP contribution in [0.2, 0.25) is 0 Å². The van der Waals surface area contributed by atoms with Crippen LogP contribution in [0.4, 0.5) is 10.6 Å². The number of aryl methyl sites for hydroxylation is 1. The molecule has 206 valence electrons. The van der Waals surface area contributed by atoms with Crippen LogP contribution in [0.25, 0.3) is 11.3 Å². The van der Waals surface area contributed by atoms with E-state index < -0.39 is 5.97 Å². The van der Waals surface area contributed by atoms with Crippen LogP contribution in [0.15, 0.2) is 18.3 Å². The minimum atomic E-state index is -0.760. The number of aliphatic carboxylic acids is 1. The van der Waals surface area contributed by atoms with Crippen LogP contribution in [-0.2, 0) is 27.9 Å². The number of aromatic nitrogens is 3. The van der Waals surface area contributed by atoms with Gasteiger partial charge in [0.25, 0.3) is 0 Å². The number of hydrogen-bond donors (Lipinski definition) is 1. The van der Waals surface area contributed by atoms with Crippen LogP contribution in [0.1, 0.15) is 50.6 Å².